The SMILES string of the molecule is O=C(C=Cc1nnc2c3ccccc3cnn12)NCc1ccc2c(c1)OCO2. The van der Waals surface area contributed by atoms with Crippen molar-refractivity contribution in [3.8, 4) is 11.5 Å². The van der Waals surface area contributed by atoms with Gasteiger partial charge in [-0.05, 0) is 23.8 Å². The second kappa shape index (κ2) is 6.66. The topological polar surface area (TPSA) is 90.6 Å². The van der Waals surface area contributed by atoms with E-state index in [4.69, 9.17) is 9.47 Å². The second-order valence-electron chi connectivity index (χ2n) is 6.26. The van der Waals surface area contributed by atoms with Gasteiger partial charge in [0.05, 0.1) is 6.20 Å². The Balaban J connectivity index is 1.30. The minimum atomic E-state index is -0.241. The van der Waals surface area contributed by atoms with Gasteiger partial charge in [-0.1, -0.05) is 30.3 Å². The molecule has 1 N–H and O–H groups in total. The maximum absolute atomic E-state index is 12.2. The summed E-state index contributed by atoms with van der Waals surface area (Å²) in [5.74, 6) is 1.65. The standard InChI is InChI=1S/C20H15N5O3/c26-19(21-10-13-5-6-16-17(9-13)28-12-27-16)8-7-18-23-24-20-15-4-2-1-3-14(15)11-22-25(18)20/h1-9,11H,10,12H2,(H,21,26). The van der Waals surface area contributed by atoms with Crippen molar-refractivity contribution in [1.82, 2.24) is 25.1 Å². The van der Waals surface area contributed by atoms with E-state index >= 15 is 0 Å². The number of fused-ring (bicyclic) bond motifs is 4. The van der Waals surface area contributed by atoms with Gasteiger partial charge in [-0.15, -0.1) is 10.2 Å². The molecule has 0 saturated heterocycles. The van der Waals surface area contributed by atoms with Gasteiger partial charge in [0.25, 0.3) is 0 Å². The van der Waals surface area contributed by atoms with Crippen molar-refractivity contribution >= 4 is 28.4 Å². The van der Waals surface area contributed by atoms with Crippen molar-refractivity contribution < 1.29 is 14.3 Å². The number of aromatic nitrogens is 4. The number of hydrogen-bond acceptors (Lipinski definition) is 6. The van der Waals surface area contributed by atoms with Gasteiger partial charge < -0.3 is 14.8 Å². The Morgan fingerprint density at radius 1 is 1.14 bits per heavy atom. The molecule has 5 rings (SSSR count). The van der Waals surface area contributed by atoms with E-state index < -0.39 is 0 Å². The van der Waals surface area contributed by atoms with Gasteiger partial charge in [0.15, 0.2) is 23.0 Å². The molecule has 2 aromatic carbocycles. The van der Waals surface area contributed by atoms with Crippen LogP contribution in [0.3, 0.4) is 0 Å². The minimum Gasteiger partial charge on any atom is -0.454 e. The van der Waals surface area contributed by atoms with Crippen molar-refractivity contribution in [3.63, 3.8) is 0 Å². The summed E-state index contributed by atoms with van der Waals surface area (Å²) in [6, 6.07) is 13.4. The maximum Gasteiger partial charge on any atom is 0.244 e. The highest BCUT2D eigenvalue weighted by atomic mass is 16.7. The number of hydrogen-bond donors (Lipinski definition) is 1. The van der Waals surface area contributed by atoms with Crippen molar-refractivity contribution in [1.29, 1.82) is 0 Å². The van der Waals surface area contributed by atoms with Crippen molar-refractivity contribution in [2.45, 2.75) is 6.54 Å². The Labute approximate surface area is 159 Å². The molecular formula is C20H15N5O3. The quantitative estimate of drug-likeness (QED) is 0.552. The zero-order chi connectivity index (χ0) is 18.9. The Morgan fingerprint density at radius 3 is 3.00 bits per heavy atom. The molecule has 0 spiro atoms. The third-order valence-electron chi connectivity index (χ3n) is 4.47. The minimum absolute atomic E-state index is 0.226. The summed E-state index contributed by atoms with van der Waals surface area (Å²) >= 11 is 0. The largest absolute Gasteiger partial charge is 0.454 e. The van der Waals surface area contributed by atoms with Crippen LogP contribution in [-0.2, 0) is 11.3 Å². The molecule has 0 aliphatic carbocycles. The number of benzene rings is 2. The number of carbonyl (C=O) groups is 1. The second-order valence-corrected chi connectivity index (χ2v) is 6.26. The van der Waals surface area contributed by atoms with Gasteiger partial charge in [0.2, 0.25) is 12.7 Å². The lowest BCUT2D eigenvalue weighted by Crippen LogP contribution is -2.20. The monoisotopic (exact) mass is 373 g/mol. The Kier molecular flexibility index (Phi) is 3.86. The van der Waals surface area contributed by atoms with E-state index in [-0.39, 0.29) is 12.7 Å². The molecule has 0 radical (unpaired) electrons. The molecule has 8 heteroatoms. The van der Waals surface area contributed by atoms with Gasteiger partial charge >= 0.3 is 0 Å². The van der Waals surface area contributed by atoms with E-state index in [1.807, 2.05) is 42.5 Å². The van der Waals surface area contributed by atoms with Crippen molar-refractivity contribution in [2.75, 3.05) is 6.79 Å². The van der Waals surface area contributed by atoms with Gasteiger partial charge in [0, 0.05) is 23.4 Å². The smallest absolute Gasteiger partial charge is 0.244 e. The highest BCUT2D eigenvalue weighted by molar-refractivity contribution is 5.94. The molecule has 2 aromatic heterocycles. The van der Waals surface area contributed by atoms with Crippen LogP contribution < -0.4 is 14.8 Å². The van der Waals surface area contributed by atoms with Gasteiger partial charge in [-0.25, -0.2) is 0 Å². The normalized spacial score (nSPS) is 12.9. The predicted molar refractivity (Wildman–Crippen MR) is 102 cm³/mol. The number of amides is 1. The Morgan fingerprint density at radius 2 is 2.04 bits per heavy atom. The molecule has 3 heterocycles. The fraction of sp³-hybridized carbons (Fsp3) is 0.100. The van der Waals surface area contributed by atoms with Crippen LogP contribution in [0.25, 0.3) is 22.5 Å². The summed E-state index contributed by atoms with van der Waals surface area (Å²) in [7, 11) is 0. The molecular weight excluding hydrogens is 358 g/mol. The highest BCUT2D eigenvalue weighted by Gasteiger charge is 2.13. The maximum atomic E-state index is 12.2. The fourth-order valence-electron chi connectivity index (χ4n) is 3.06. The Hall–Kier alpha value is -3.94. The number of rotatable bonds is 4. The molecule has 0 unspecified atom stereocenters. The van der Waals surface area contributed by atoms with Gasteiger partial charge in [-0.3, -0.25) is 4.79 Å². The molecule has 4 aromatic rings. The van der Waals surface area contributed by atoms with Gasteiger partial charge in [0.1, 0.15) is 0 Å². The van der Waals surface area contributed by atoms with Crippen LogP contribution in [0, 0.1) is 0 Å². The molecule has 28 heavy (non-hydrogen) atoms. The van der Waals surface area contributed by atoms with Crippen LogP contribution >= 0.6 is 0 Å². The predicted octanol–water partition coefficient (Wildman–Crippen LogP) is 2.34. The molecule has 1 aliphatic heterocycles. The summed E-state index contributed by atoms with van der Waals surface area (Å²) < 4.78 is 12.2. The lowest BCUT2D eigenvalue weighted by atomic mass is 10.2. The molecule has 1 amide bonds. The van der Waals surface area contributed by atoms with Crippen LogP contribution in [0.15, 0.2) is 54.7 Å². The number of carbonyl (C=O) groups excluding carboxylic acids is 1. The zero-order valence-corrected chi connectivity index (χ0v) is 14.7. The molecule has 0 atom stereocenters. The number of ether oxygens (including phenoxy) is 2. The first-order chi connectivity index (χ1) is 13.8. The summed E-state index contributed by atoms with van der Waals surface area (Å²) in [5, 5.41) is 17.4. The first-order valence-corrected chi connectivity index (χ1v) is 8.71. The Bertz CT molecular complexity index is 1230. The molecule has 0 fully saturated rings. The average Bonchev–Trinajstić information content (AvgIpc) is 3.37. The molecule has 0 bridgehead atoms. The number of nitrogens with one attached hydrogen (secondary N) is 1. The van der Waals surface area contributed by atoms with E-state index in [0.29, 0.717) is 29.5 Å². The van der Waals surface area contributed by atoms with Gasteiger partial charge in [-0.2, -0.15) is 9.61 Å². The van der Waals surface area contributed by atoms with Crippen LogP contribution in [0.4, 0.5) is 0 Å². The van der Waals surface area contributed by atoms with Crippen LogP contribution in [0.2, 0.25) is 0 Å². The summed E-state index contributed by atoms with van der Waals surface area (Å²) in [4.78, 5) is 12.2. The zero-order valence-electron chi connectivity index (χ0n) is 14.7. The molecule has 1 aliphatic rings. The van der Waals surface area contributed by atoms with E-state index in [9.17, 15) is 4.79 Å². The molecule has 0 saturated carbocycles. The summed E-state index contributed by atoms with van der Waals surface area (Å²) in [5.41, 5.74) is 1.57. The van der Waals surface area contributed by atoms with Crippen LogP contribution in [0.5, 0.6) is 11.5 Å². The van der Waals surface area contributed by atoms with Crippen LogP contribution in [0.1, 0.15) is 11.4 Å². The lowest BCUT2D eigenvalue weighted by molar-refractivity contribution is -0.116. The van der Waals surface area contributed by atoms with E-state index in [2.05, 4.69) is 20.6 Å². The van der Waals surface area contributed by atoms with Crippen LogP contribution in [-0.4, -0.2) is 32.5 Å². The van der Waals surface area contributed by atoms with E-state index in [1.54, 1.807) is 16.8 Å². The third kappa shape index (κ3) is 2.90. The fourth-order valence-corrected chi connectivity index (χ4v) is 3.06. The summed E-state index contributed by atoms with van der Waals surface area (Å²) in [6.07, 6.45) is 4.76. The molecule has 138 valence electrons. The first-order valence-electron chi connectivity index (χ1n) is 8.71. The average molecular weight is 373 g/mol. The number of nitrogens with zero attached hydrogens (tertiary/aromatic N) is 4. The van der Waals surface area contributed by atoms with E-state index in [1.165, 1.54) is 6.08 Å². The molecule has 8 nitrogen and oxygen atoms in total. The van der Waals surface area contributed by atoms with Crippen molar-refractivity contribution in [2.24, 2.45) is 0 Å². The lowest BCUT2D eigenvalue weighted by Gasteiger charge is -2.04. The summed E-state index contributed by atoms with van der Waals surface area (Å²) in [6.45, 7) is 0.604. The third-order valence-corrected chi connectivity index (χ3v) is 4.47. The highest BCUT2D eigenvalue weighted by Crippen LogP contribution is 2.32. The first kappa shape index (κ1) is 16.2. The van der Waals surface area contributed by atoms with Crippen molar-refractivity contribution in [3.05, 3.63) is 66.1 Å². The van der Waals surface area contributed by atoms with E-state index in [0.717, 1.165) is 16.3 Å².